The van der Waals surface area contributed by atoms with Gasteiger partial charge in [-0.05, 0) is 32.0 Å². The molecule has 23 heavy (non-hydrogen) atoms. The largest absolute Gasteiger partial charge is 0.477 e. The van der Waals surface area contributed by atoms with Gasteiger partial charge in [0.2, 0.25) is 0 Å². The van der Waals surface area contributed by atoms with Crippen LogP contribution in [-0.4, -0.2) is 44.3 Å². The Balaban J connectivity index is 2.51. The fraction of sp³-hybridized carbons (Fsp3) is 0.467. The van der Waals surface area contributed by atoms with Gasteiger partial charge in [0, 0.05) is 18.7 Å². The van der Waals surface area contributed by atoms with E-state index in [-0.39, 0.29) is 5.02 Å². The number of halogens is 2. The van der Waals surface area contributed by atoms with Gasteiger partial charge in [0.05, 0.1) is 11.6 Å². The Morgan fingerprint density at radius 1 is 1.22 bits per heavy atom. The van der Waals surface area contributed by atoms with E-state index in [4.69, 9.17) is 37.4 Å². The van der Waals surface area contributed by atoms with E-state index in [1.807, 2.05) is 0 Å². The average Bonchev–Trinajstić information content (AvgIpc) is 2.49. The number of carbonyl (C=O) groups is 2. The van der Waals surface area contributed by atoms with Gasteiger partial charge in [-0.25, -0.2) is 4.79 Å². The van der Waals surface area contributed by atoms with Crippen LogP contribution in [0.1, 0.15) is 13.8 Å². The van der Waals surface area contributed by atoms with E-state index in [1.165, 1.54) is 27.0 Å². The summed E-state index contributed by atoms with van der Waals surface area (Å²) >= 11 is 11.8. The molecule has 6 nitrogen and oxygen atoms in total. The Morgan fingerprint density at radius 3 is 2.52 bits per heavy atom. The van der Waals surface area contributed by atoms with Gasteiger partial charge in [0.25, 0.3) is 5.91 Å². The van der Waals surface area contributed by atoms with Crippen molar-refractivity contribution < 1.29 is 23.8 Å². The second kappa shape index (κ2) is 9.60. The predicted molar refractivity (Wildman–Crippen MR) is 87.0 cm³/mol. The number of hydrogen-bond donors (Lipinski definition) is 1. The lowest BCUT2D eigenvalue weighted by Gasteiger charge is -2.18. The summed E-state index contributed by atoms with van der Waals surface area (Å²) in [5, 5.41) is 3.31. The Labute approximate surface area is 145 Å². The summed E-state index contributed by atoms with van der Waals surface area (Å²) in [6.07, 6.45) is -1.87. The lowest BCUT2D eigenvalue weighted by molar-refractivity contribution is -0.160. The minimum Gasteiger partial charge on any atom is -0.477 e. The van der Waals surface area contributed by atoms with Crippen LogP contribution in [0.5, 0.6) is 5.75 Å². The van der Waals surface area contributed by atoms with E-state index in [2.05, 4.69) is 5.32 Å². The standard InChI is InChI=1S/C15H19Cl2NO5/c1-9(14(19)18-6-7-21-3)23-15(20)10(2)22-13-5-4-11(16)8-12(13)17/h4-5,8-10H,6-7H2,1-3H3,(H,18,19)/t9-,10+/m0/s1. The van der Waals surface area contributed by atoms with Gasteiger partial charge in [-0.2, -0.15) is 0 Å². The summed E-state index contributed by atoms with van der Waals surface area (Å²) in [6.45, 7) is 3.69. The first-order valence-electron chi connectivity index (χ1n) is 6.94. The van der Waals surface area contributed by atoms with E-state index >= 15 is 0 Å². The monoisotopic (exact) mass is 363 g/mol. The Kier molecular flexibility index (Phi) is 8.16. The number of carbonyl (C=O) groups excluding carboxylic acids is 2. The van der Waals surface area contributed by atoms with Crippen molar-refractivity contribution in [1.29, 1.82) is 0 Å². The van der Waals surface area contributed by atoms with Crippen LogP contribution in [0.25, 0.3) is 0 Å². The highest BCUT2D eigenvalue weighted by Crippen LogP contribution is 2.28. The van der Waals surface area contributed by atoms with Crippen LogP contribution < -0.4 is 10.1 Å². The molecule has 8 heteroatoms. The highest BCUT2D eigenvalue weighted by molar-refractivity contribution is 6.35. The van der Waals surface area contributed by atoms with E-state index in [0.717, 1.165) is 0 Å². The molecule has 0 fully saturated rings. The first-order valence-corrected chi connectivity index (χ1v) is 7.69. The molecule has 1 N–H and O–H groups in total. The molecule has 1 aromatic rings. The van der Waals surface area contributed by atoms with Gasteiger partial charge in [-0.1, -0.05) is 23.2 Å². The number of esters is 1. The van der Waals surface area contributed by atoms with E-state index in [0.29, 0.717) is 23.9 Å². The van der Waals surface area contributed by atoms with E-state index in [9.17, 15) is 9.59 Å². The molecular weight excluding hydrogens is 345 g/mol. The van der Waals surface area contributed by atoms with Crippen LogP contribution in [0.3, 0.4) is 0 Å². The number of rotatable bonds is 8. The molecule has 1 aromatic carbocycles. The summed E-state index contributed by atoms with van der Waals surface area (Å²) in [4.78, 5) is 23.7. The molecule has 0 bridgehead atoms. The minimum absolute atomic E-state index is 0.280. The molecule has 1 rings (SSSR count). The number of methoxy groups -OCH3 is 1. The molecule has 0 aromatic heterocycles. The predicted octanol–water partition coefficient (Wildman–Crippen LogP) is 2.46. The topological polar surface area (TPSA) is 73.9 Å². The normalized spacial score (nSPS) is 13.1. The zero-order valence-electron chi connectivity index (χ0n) is 13.1. The third-order valence-electron chi connectivity index (χ3n) is 2.80. The third kappa shape index (κ3) is 6.64. The lowest BCUT2D eigenvalue weighted by Crippen LogP contribution is -2.39. The Morgan fingerprint density at radius 2 is 1.91 bits per heavy atom. The maximum Gasteiger partial charge on any atom is 0.347 e. The van der Waals surface area contributed by atoms with Crippen LogP contribution in [0.2, 0.25) is 10.0 Å². The van der Waals surface area contributed by atoms with E-state index < -0.39 is 24.1 Å². The van der Waals surface area contributed by atoms with Crippen LogP contribution in [0.15, 0.2) is 18.2 Å². The Bertz CT molecular complexity index is 553. The smallest absolute Gasteiger partial charge is 0.347 e. The summed E-state index contributed by atoms with van der Waals surface area (Å²) in [6, 6.07) is 4.64. The zero-order valence-corrected chi connectivity index (χ0v) is 14.6. The van der Waals surface area contributed by atoms with Crippen molar-refractivity contribution in [3.63, 3.8) is 0 Å². The fourth-order valence-corrected chi connectivity index (χ4v) is 2.01. The molecule has 0 aliphatic carbocycles. The number of hydrogen-bond acceptors (Lipinski definition) is 5. The molecule has 0 aliphatic heterocycles. The molecule has 1 amide bonds. The summed E-state index contributed by atoms with van der Waals surface area (Å²) < 4.78 is 15.3. The maximum absolute atomic E-state index is 11.9. The van der Waals surface area contributed by atoms with Crippen molar-refractivity contribution in [3.8, 4) is 5.75 Å². The van der Waals surface area contributed by atoms with E-state index in [1.54, 1.807) is 12.1 Å². The van der Waals surface area contributed by atoms with Gasteiger partial charge < -0.3 is 19.5 Å². The van der Waals surface area contributed by atoms with Crippen LogP contribution >= 0.6 is 23.2 Å². The molecule has 0 saturated carbocycles. The highest BCUT2D eigenvalue weighted by atomic mass is 35.5. The van der Waals surface area contributed by atoms with Crippen molar-refractivity contribution in [2.45, 2.75) is 26.1 Å². The quantitative estimate of drug-likeness (QED) is 0.567. The van der Waals surface area contributed by atoms with Crippen LogP contribution in [0.4, 0.5) is 0 Å². The average molecular weight is 364 g/mol. The van der Waals surface area contributed by atoms with Crippen molar-refractivity contribution in [3.05, 3.63) is 28.2 Å². The molecule has 0 unspecified atom stereocenters. The van der Waals surface area contributed by atoms with Crippen LogP contribution in [0, 0.1) is 0 Å². The lowest BCUT2D eigenvalue weighted by atomic mass is 10.3. The molecule has 2 atom stereocenters. The molecule has 0 saturated heterocycles. The molecule has 0 radical (unpaired) electrons. The summed E-state index contributed by atoms with van der Waals surface area (Å²) in [5.74, 6) is -0.782. The minimum atomic E-state index is -0.939. The second-order valence-electron chi connectivity index (χ2n) is 4.70. The van der Waals surface area contributed by atoms with Crippen LogP contribution in [-0.2, 0) is 19.1 Å². The maximum atomic E-state index is 11.9. The van der Waals surface area contributed by atoms with Gasteiger partial charge >= 0.3 is 5.97 Å². The first-order chi connectivity index (χ1) is 10.8. The zero-order chi connectivity index (χ0) is 17.4. The number of benzene rings is 1. The molecular formula is C15H19Cl2NO5. The molecule has 0 spiro atoms. The van der Waals surface area contributed by atoms with Gasteiger partial charge in [-0.15, -0.1) is 0 Å². The molecule has 0 aliphatic rings. The number of ether oxygens (including phenoxy) is 3. The first kappa shape index (κ1) is 19.5. The van der Waals surface area contributed by atoms with Crippen molar-refractivity contribution in [2.24, 2.45) is 0 Å². The van der Waals surface area contributed by atoms with Gasteiger partial charge in [-0.3, -0.25) is 4.79 Å². The van der Waals surface area contributed by atoms with Crippen molar-refractivity contribution >= 4 is 35.1 Å². The SMILES string of the molecule is COCCNC(=O)[C@H](C)OC(=O)[C@@H](C)Oc1ccc(Cl)cc1Cl. The van der Waals surface area contributed by atoms with Crippen molar-refractivity contribution in [2.75, 3.05) is 20.3 Å². The number of amides is 1. The third-order valence-corrected chi connectivity index (χ3v) is 3.33. The summed E-state index contributed by atoms with van der Waals surface area (Å²) in [7, 11) is 1.52. The summed E-state index contributed by atoms with van der Waals surface area (Å²) in [5.41, 5.74) is 0. The highest BCUT2D eigenvalue weighted by Gasteiger charge is 2.23. The molecule has 128 valence electrons. The number of nitrogens with one attached hydrogen (secondary N) is 1. The fourth-order valence-electron chi connectivity index (χ4n) is 1.55. The van der Waals surface area contributed by atoms with Gasteiger partial charge in [0.15, 0.2) is 12.2 Å². The second-order valence-corrected chi connectivity index (χ2v) is 5.54. The van der Waals surface area contributed by atoms with Crippen molar-refractivity contribution in [1.82, 2.24) is 5.32 Å². The van der Waals surface area contributed by atoms with Gasteiger partial charge in [0.1, 0.15) is 5.75 Å². The molecule has 0 heterocycles. The Hall–Kier alpha value is -1.50.